The van der Waals surface area contributed by atoms with Crippen molar-refractivity contribution >= 4 is 46.6 Å². The van der Waals surface area contributed by atoms with Gasteiger partial charge in [0, 0.05) is 10.7 Å². The van der Waals surface area contributed by atoms with E-state index in [1.54, 1.807) is 35.2 Å². The first-order chi connectivity index (χ1) is 15.5. The van der Waals surface area contributed by atoms with Crippen molar-refractivity contribution in [2.24, 2.45) is 0 Å². The second kappa shape index (κ2) is 10.0. The van der Waals surface area contributed by atoms with Gasteiger partial charge in [-0.2, -0.15) is 0 Å². The molecule has 1 fully saturated rings. The zero-order chi connectivity index (χ0) is 22.7. The number of anilines is 1. The molecule has 4 nitrogen and oxygen atoms in total. The fourth-order valence-corrected chi connectivity index (χ4v) is 5.02. The molecule has 1 aliphatic rings. The average molecular weight is 492 g/mol. The van der Waals surface area contributed by atoms with Crippen LogP contribution in [0.1, 0.15) is 23.4 Å². The molecule has 4 rings (SSSR count). The smallest absolute Gasteiger partial charge is 0.238 e. The molecule has 32 heavy (non-hydrogen) atoms. The molecule has 1 amide bonds. The standard InChI is InChI=1S/C24H20Cl2FNO3S/c1-2-30-21-12-16(11-20(26)23(21)31-13-15-4-3-5-18(27)10-15)24-28(22(29)14-32-24)19-8-6-17(25)7-9-19/h3-12,24H,2,13-14H2,1H3/t24-/m0/s1. The number of nitrogens with zero attached hydrogens (tertiary/aromatic N) is 1. The third-order valence-corrected chi connectivity index (χ3v) is 6.61. The molecule has 0 radical (unpaired) electrons. The van der Waals surface area contributed by atoms with E-state index in [0.717, 1.165) is 11.3 Å². The summed E-state index contributed by atoms with van der Waals surface area (Å²) in [6, 6.07) is 17.0. The molecule has 1 heterocycles. The number of thioether (sulfide) groups is 1. The Morgan fingerprint density at radius 1 is 1.09 bits per heavy atom. The maximum Gasteiger partial charge on any atom is 0.238 e. The summed E-state index contributed by atoms with van der Waals surface area (Å²) in [6.07, 6.45) is 0. The number of rotatable bonds is 7. The third-order valence-electron chi connectivity index (χ3n) is 4.86. The number of ether oxygens (including phenoxy) is 2. The van der Waals surface area contributed by atoms with Crippen molar-refractivity contribution in [1.82, 2.24) is 0 Å². The monoisotopic (exact) mass is 491 g/mol. The second-order valence-electron chi connectivity index (χ2n) is 7.09. The van der Waals surface area contributed by atoms with Gasteiger partial charge in [0.2, 0.25) is 5.91 Å². The summed E-state index contributed by atoms with van der Waals surface area (Å²) in [4.78, 5) is 14.4. The van der Waals surface area contributed by atoms with Crippen molar-refractivity contribution < 1.29 is 18.7 Å². The van der Waals surface area contributed by atoms with Crippen molar-refractivity contribution in [2.45, 2.75) is 18.9 Å². The van der Waals surface area contributed by atoms with E-state index in [0.29, 0.717) is 39.5 Å². The maximum atomic E-state index is 13.5. The van der Waals surface area contributed by atoms with Gasteiger partial charge >= 0.3 is 0 Å². The fraction of sp³-hybridized carbons (Fsp3) is 0.208. The number of hydrogen-bond acceptors (Lipinski definition) is 4. The van der Waals surface area contributed by atoms with E-state index in [4.69, 9.17) is 32.7 Å². The van der Waals surface area contributed by atoms with Gasteiger partial charge in [-0.3, -0.25) is 9.69 Å². The Morgan fingerprint density at radius 2 is 1.88 bits per heavy atom. The van der Waals surface area contributed by atoms with Crippen LogP contribution in [0.3, 0.4) is 0 Å². The molecule has 0 aromatic heterocycles. The minimum atomic E-state index is -0.331. The number of amides is 1. The lowest BCUT2D eigenvalue weighted by atomic mass is 10.1. The second-order valence-corrected chi connectivity index (χ2v) is 9.00. The van der Waals surface area contributed by atoms with E-state index in [-0.39, 0.29) is 23.7 Å². The van der Waals surface area contributed by atoms with Gasteiger partial charge in [-0.25, -0.2) is 4.39 Å². The lowest BCUT2D eigenvalue weighted by molar-refractivity contribution is -0.115. The van der Waals surface area contributed by atoms with E-state index in [2.05, 4.69) is 0 Å². The third kappa shape index (κ3) is 4.98. The van der Waals surface area contributed by atoms with Gasteiger partial charge in [0.25, 0.3) is 0 Å². The quantitative estimate of drug-likeness (QED) is 0.360. The Labute approximate surface area is 200 Å². The minimum absolute atomic E-state index is 0.00263. The Kier molecular flexibility index (Phi) is 7.13. The van der Waals surface area contributed by atoms with Crippen LogP contribution in [-0.4, -0.2) is 18.3 Å². The first kappa shape index (κ1) is 22.8. The van der Waals surface area contributed by atoms with E-state index in [9.17, 15) is 9.18 Å². The molecule has 0 saturated carbocycles. The predicted octanol–water partition coefficient (Wildman–Crippen LogP) is 6.89. The van der Waals surface area contributed by atoms with Gasteiger partial charge in [0.15, 0.2) is 11.5 Å². The average Bonchev–Trinajstić information content (AvgIpc) is 3.15. The summed E-state index contributed by atoms with van der Waals surface area (Å²) >= 11 is 14.1. The SMILES string of the molecule is CCOc1cc([C@@H]2SCC(=O)N2c2ccc(Cl)cc2)cc(Cl)c1OCc1cccc(F)c1. The van der Waals surface area contributed by atoms with Crippen LogP contribution in [0.5, 0.6) is 11.5 Å². The molecule has 1 saturated heterocycles. The summed E-state index contributed by atoms with van der Waals surface area (Å²) in [5, 5.41) is 0.696. The molecule has 0 N–H and O–H groups in total. The number of carbonyl (C=O) groups is 1. The Balaban J connectivity index is 1.64. The highest BCUT2D eigenvalue weighted by Crippen LogP contribution is 2.46. The maximum absolute atomic E-state index is 13.5. The lowest BCUT2D eigenvalue weighted by Crippen LogP contribution is -2.27. The van der Waals surface area contributed by atoms with Gasteiger partial charge < -0.3 is 9.47 Å². The molecule has 0 spiro atoms. The van der Waals surface area contributed by atoms with Crippen molar-refractivity contribution in [2.75, 3.05) is 17.3 Å². The van der Waals surface area contributed by atoms with Crippen molar-refractivity contribution in [1.29, 1.82) is 0 Å². The van der Waals surface area contributed by atoms with Crippen LogP contribution in [0.4, 0.5) is 10.1 Å². The molecule has 0 unspecified atom stereocenters. The van der Waals surface area contributed by atoms with Crippen LogP contribution in [0.25, 0.3) is 0 Å². The summed E-state index contributed by atoms with van der Waals surface area (Å²) in [7, 11) is 0. The van der Waals surface area contributed by atoms with Crippen LogP contribution in [0.2, 0.25) is 10.0 Å². The van der Waals surface area contributed by atoms with Gasteiger partial charge in [0.1, 0.15) is 17.8 Å². The van der Waals surface area contributed by atoms with Crippen LogP contribution in [0.15, 0.2) is 60.7 Å². The van der Waals surface area contributed by atoms with E-state index >= 15 is 0 Å². The molecule has 8 heteroatoms. The van der Waals surface area contributed by atoms with Gasteiger partial charge in [-0.1, -0.05) is 35.3 Å². The van der Waals surface area contributed by atoms with E-state index in [1.807, 2.05) is 25.1 Å². The Morgan fingerprint density at radius 3 is 2.59 bits per heavy atom. The van der Waals surface area contributed by atoms with Crippen LogP contribution in [0, 0.1) is 5.82 Å². The highest BCUT2D eigenvalue weighted by atomic mass is 35.5. The largest absolute Gasteiger partial charge is 0.490 e. The summed E-state index contributed by atoms with van der Waals surface area (Å²) < 4.78 is 25.2. The molecule has 3 aromatic carbocycles. The molecule has 1 aliphatic heterocycles. The van der Waals surface area contributed by atoms with Gasteiger partial charge in [0.05, 0.1) is 17.4 Å². The van der Waals surface area contributed by atoms with Crippen molar-refractivity contribution in [3.8, 4) is 11.5 Å². The molecule has 3 aromatic rings. The van der Waals surface area contributed by atoms with Crippen LogP contribution < -0.4 is 14.4 Å². The van der Waals surface area contributed by atoms with E-state index in [1.165, 1.54) is 23.9 Å². The lowest BCUT2D eigenvalue weighted by Gasteiger charge is -2.25. The molecular weight excluding hydrogens is 472 g/mol. The minimum Gasteiger partial charge on any atom is -0.490 e. The number of hydrogen-bond donors (Lipinski definition) is 0. The zero-order valence-electron chi connectivity index (χ0n) is 17.2. The molecule has 0 bridgehead atoms. The fourth-order valence-electron chi connectivity index (χ4n) is 3.47. The van der Waals surface area contributed by atoms with Gasteiger partial charge in [-0.15, -0.1) is 11.8 Å². The molecule has 0 aliphatic carbocycles. The van der Waals surface area contributed by atoms with Crippen LogP contribution >= 0.6 is 35.0 Å². The first-order valence-electron chi connectivity index (χ1n) is 9.99. The molecular formula is C24H20Cl2FNO3S. The number of carbonyl (C=O) groups excluding carboxylic acids is 1. The predicted molar refractivity (Wildman–Crippen MR) is 127 cm³/mol. The van der Waals surface area contributed by atoms with Crippen molar-refractivity contribution in [3.63, 3.8) is 0 Å². The number of benzene rings is 3. The summed E-state index contributed by atoms with van der Waals surface area (Å²) in [6.45, 7) is 2.42. The Bertz CT molecular complexity index is 1130. The Hall–Kier alpha value is -2.41. The topological polar surface area (TPSA) is 38.8 Å². The van der Waals surface area contributed by atoms with Crippen molar-refractivity contribution in [3.05, 3.63) is 87.7 Å². The van der Waals surface area contributed by atoms with E-state index < -0.39 is 0 Å². The first-order valence-corrected chi connectivity index (χ1v) is 11.8. The van der Waals surface area contributed by atoms with Gasteiger partial charge in [-0.05, 0) is 66.6 Å². The van der Waals surface area contributed by atoms with Crippen LogP contribution in [-0.2, 0) is 11.4 Å². The highest BCUT2D eigenvalue weighted by Gasteiger charge is 2.35. The molecule has 166 valence electrons. The normalized spacial score (nSPS) is 15.8. The molecule has 1 atom stereocenters. The highest BCUT2D eigenvalue weighted by molar-refractivity contribution is 8.00. The summed E-state index contributed by atoms with van der Waals surface area (Å²) in [5.41, 5.74) is 2.26. The zero-order valence-corrected chi connectivity index (χ0v) is 19.5. The number of halogens is 3. The summed E-state index contributed by atoms with van der Waals surface area (Å²) in [5.74, 6) is 0.883.